The highest BCUT2D eigenvalue weighted by molar-refractivity contribution is 5.91. The number of ether oxygens (including phenoxy) is 1. The van der Waals surface area contributed by atoms with E-state index in [1.165, 1.54) is 0 Å². The van der Waals surface area contributed by atoms with E-state index in [0.29, 0.717) is 19.0 Å². The van der Waals surface area contributed by atoms with Gasteiger partial charge in [0.1, 0.15) is 5.75 Å². The Morgan fingerprint density at radius 1 is 1.52 bits per heavy atom. The summed E-state index contributed by atoms with van der Waals surface area (Å²) in [7, 11) is 3.89. The maximum Gasteiger partial charge on any atom is 0.387 e. The third kappa shape index (κ3) is 5.24. The van der Waals surface area contributed by atoms with Gasteiger partial charge in [0.2, 0.25) is 0 Å². The highest BCUT2D eigenvalue weighted by atomic mass is 19.3. The summed E-state index contributed by atoms with van der Waals surface area (Å²) in [5, 5.41) is 13.3. The molecule has 0 bridgehead atoms. The Balaban J connectivity index is 2.10. The van der Waals surface area contributed by atoms with Crippen LogP contribution in [0.2, 0.25) is 0 Å². The summed E-state index contributed by atoms with van der Waals surface area (Å²) in [5.74, 6) is 0.000586. The zero-order chi connectivity index (χ0) is 18.6. The van der Waals surface area contributed by atoms with Crippen molar-refractivity contribution in [3.05, 3.63) is 28.3 Å². The number of nitrogens with zero attached hydrogens (tertiary/aromatic N) is 3. The van der Waals surface area contributed by atoms with Crippen LogP contribution in [0.3, 0.4) is 0 Å². The number of hydrogen-bond acceptors (Lipinski definition) is 5. The van der Waals surface area contributed by atoms with Gasteiger partial charge in [-0.25, -0.2) is 4.79 Å². The van der Waals surface area contributed by atoms with Gasteiger partial charge in [0.15, 0.2) is 0 Å². The number of nitro benzene ring substituents is 1. The van der Waals surface area contributed by atoms with Gasteiger partial charge in [0.25, 0.3) is 5.69 Å². The van der Waals surface area contributed by atoms with Gasteiger partial charge < -0.3 is 19.9 Å². The molecule has 1 saturated heterocycles. The summed E-state index contributed by atoms with van der Waals surface area (Å²) in [6, 6.07) is 2.58. The lowest BCUT2D eigenvalue weighted by molar-refractivity contribution is -0.384. The molecule has 8 nitrogen and oxygen atoms in total. The predicted molar refractivity (Wildman–Crippen MR) is 87.0 cm³/mol. The van der Waals surface area contributed by atoms with Crippen LogP contribution >= 0.6 is 0 Å². The minimum Gasteiger partial charge on any atom is -0.433 e. The largest absolute Gasteiger partial charge is 0.433 e. The summed E-state index contributed by atoms with van der Waals surface area (Å²) >= 11 is 0. The molecule has 0 aliphatic carbocycles. The molecule has 0 spiro atoms. The van der Waals surface area contributed by atoms with Crippen molar-refractivity contribution in [1.29, 1.82) is 0 Å². The van der Waals surface area contributed by atoms with Crippen molar-refractivity contribution >= 4 is 17.4 Å². The molecule has 25 heavy (non-hydrogen) atoms. The Morgan fingerprint density at radius 3 is 2.84 bits per heavy atom. The number of alkyl halides is 2. The van der Waals surface area contributed by atoms with E-state index < -0.39 is 17.6 Å². The van der Waals surface area contributed by atoms with Crippen molar-refractivity contribution in [2.24, 2.45) is 5.92 Å². The van der Waals surface area contributed by atoms with Crippen LogP contribution in [-0.2, 0) is 0 Å². The first-order valence-corrected chi connectivity index (χ1v) is 7.70. The van der Waals surface area contributed by atoms with Crippen molar-refractivity contribution in [1.82, 2.24) is 9.80 Å². The summed E-state index contributed by atoms with van der Waals surface area (Å²) in [6.07, 6.45) is 0.834. The van der Waals surface area contributed by atoms with Crippen molar-refractivity contribution in [3.63, 3.8) is 0 Å². The average Bonchev–Trinajstić information content (AvgIpc) is 2.96. The fourth-order valence-electron chi connectivity index (χ4n) is 2.80. The van der Waals surface area contributed by atoms with Crippen molar-refractivity contribution in [2.75, 3.05) is 39.0 Å². The van der Waals surface area contributed by atoms with E-state index in [2.05, 4.69) is 10.1 Å². The Hall–Kier alpha value is -2.49. The molecule has 1 aromatic rings. The van der Waals surface area contributed by atoms with E-state index >= 15 is 0 Å². The van der Waals surface area contributed by atoms with Crippen LogP contribution < -0.4 is 10.1 Å². The van der Waals surface area contributed by atoms with E-state index in [0.717, 1.165) is 31.2 Å². The lowest BCUT2D eigenvalue weighted by Crippen LogP contribution is -2.34. The number of amides is 2. The summed E-state index contributed by atoms with van der Waals surface area (Å²) in [6.45, 7) is -1.21. The maximum atomic E-state index is 12.5. The molecule has 2 rings (SSSR count). The fourth-order valence-corrected chi connectivity index (χ4v) is 2.80. The van der Waals surface area contributed by atoms with E-state index in [4.69, 9.17) is 0 Å². The van der Waals surface area contributed by atoms with Gasteiger partial charge in [-0.3, -0.25) is 10.1 Å². The second-order valence-electron chi connectivity index (χ2n) is 6.11. The molecule has 1 atom stereocenters. The molecule has 2 amide bonds. The van der Waals surface area contributed by atoms with Crippen LogP contribution in [-0.4, -0.2) is 61.1 Å². The van der Waals surface area contributed by atoms with Gasteiger partial charge in [-0.2, -0.15) is 8.78 Å². The topological polar surface area (TPSA) is 88.0 Å². The number of halogens is 2. The Kier molecular flexibility index (Phi) is 6.07. The van der Waals surface area contributed by atoms with Gasteiger partial charge in [-0.1, -0.05) is 0 Å². The van der Waals surface area contributed by atoms with Crippen LogP contribution in [0.4, 0.5) is 25.0 Å². The minimum absolute atomic E-state index is 0.157. The van der Waals surface area contributed by atoms with E-state index in [9.17, 15) is 23.7 Å². The van der Waals surface area contributed by atoms with Gasteiger partial charge >= 0.3 is 12.6 Å². The molecular formula is C15H20F2N4O4. The molecular weight excluding hydrogens is 338 g/mol. The molecule has 10 heteroatoms. The number of hydrogen-bond donors (Lipinski definition) is 1. The van der Waals surface area contributed by atoms with Gasteiger partial charge in [0, 0.05) is 31.8 Å². The van der Waals surface area contributed by atoms with Gasteiger partial charge in [0.05, 0.1) is 10.6 Å². The summed E-state index contributed by atoms with van der Waals surface area (Å²) in [4.78, 5) is 26.1. The van der Waals surface area contributed by atoms with Crippen LogP contribution in [0.25, 0.3) is 0 Å². The first-order chi connectivity index (χ1) is 11.8. The third-order valence-electron chi connectivity index (χ3n) is 3.83. The molecule has 1 N–H and O–H groups in total. The quantitative estimate of drug-likeness (QED) is 0.624. The second kappa shape index (κ2) is 8.06. The molecule has 138 valence electrons. The van der Waals surface area contributed by atoms with Gasteiger partial charge in [-0.05, 0) is 32.5 Å². The molecule has 1 aromatic carbocycles. The number of benzene rings is 1. The van der Waals surface area contributed by atoms with Crippen LogP contribution in [0, 0.1) is 16.0 Å². The number of nitro groups is 1. The smallest absolute Gasteiger partial charge is 0.387 e. The molecule has 1 aliphatic rings. The highest BCUT2D eigenvalue weighted by Gasteiger charge is 2.27. The normalized spacial score (nSPS) is 17.2. The van der Waals surface area contributed by atoms with Crippen LogP contribution in [0.1, 0.15) is 6.42 Å². The number of carbonyl (C=O) groups is 1. The zero-order valence-corrected chi connectivity index (χ0v) is 13.9. The minimum atomic E-state index is -3.10. The lowest BCUT2D eigenvalue weighted by Gasteiger charge is -2.20. The molecule has 0 saturated carbocycles. The maximum absolute atomic E-state index is 12.5. The number of urea groups is 1. The SMILES string of the molecule is CN(C)CC1CCN(C(=O)Nc2cc([N+](=O)[O-])ccc2OC(F)F)C1. The van der Waals surface area contributed by atoms with E-state index in [1.807, 2.05) is 19.0 Å². The monoisotopic (exact) mass is 358 g/mol. The first kappa shape index (κ1) is 18.8. The number of nitrogens with one attached hydrogen (secondary N) is 1. The van der Waals surface area contributed by atoms with E-state index in [-0.39, 0.29) is 17.1 Å². The Labute approximate surface area is 143 Å². The fraction of sp³-hybridized carbons (Fsp3) is 0.533. The number of non-ortho nitro benzene ring substituents is 1. The average molecular weight is 358 g/mol. The summed E-state index contributed by atoms with van der Waals surface area (Å²) < 4.78 is 29.3. The molecule has 0 radical (unpaired) electrons. The molecule has 1 aliphatic heterocycles. The third-order valence-corrected chi connectivity index (χ3v) is 3.83. The lowest BCUT2D eigenvalue weighted by atomic mass is 10.1. The van der Waals surface area contributed by atoms with Crippen LogP contribution in [0.5, 0.6) is 5.75 Å². The second-order valence-corrected chi connectivity index (χ2v) is 6.11. The number of carbonyl (C=O) groups excluding carboxylic acids is 1. The highest BCUT2D eigenvalue weighted by Crippen LogP contribution is 2.31. The number of rotatable bonds is 6. The number of likely N-dealkylation sites (tertiary alicyclic amines) is 1. The van der Waals surface area contributed by atoms with Crippen molar-refractivity contribution in [3.8, 4) is 5.75 Å². The molecule has 1 unspecified atom stereocenters. The zero-order valence-electron chi connectivity index (χ0n) is 13.9. The first-order valence-electron chi connectivity index (χ1n) is 7.70. The van der Waals surface area contributed by atoms with Gasteiger partial charge in [-0.15, -0.1) is 0 Å². The molecule has 0 aromatic heterocycles. The predicted octanol–water partition coefficient (Wildman–Crippen LogP) is 2.61. The number of anilines is 1. The standard InChI is InChI=1S/C15H20F2N4O4/c1-19(2)8-10-5-6-20(9-10)15(22)18-12-7-11(21(23)24)3-4-13(12)25-14(16)17/h3-4,7,10,14H,5-6,8-9H2,1-2H3,(H,18,22). The molecule has 1 fully saturated rings. The Bertz CT molecular complexity index is 642. The Morgan fingerprint density at radius 2 is 2.24 bits per heavy atom. The van der Waals surface area contributed by atoms with E-state index in [1.54, 1.807) is 4.90 Å². The molecule has 1 heterocycles. The summed E-state index contributed by atoms with van der Waals surface area (Å²) in [5.41, 5.74) is -0.487. The van der Waals surface area contributed by atoms with Crippen molar-refractivity contribution in [2.45, 2.75) is 13.0 Å². The van der Waals surface area contributed by atoms with Crippen molar-refractivity contribution < 1.29 is 23.2 Å². The van der Waals surface area contributed by atoms with Crippen LogP contribution in [0.15, 0.2) is 18.2 Å².